The molecule has 256 valence electrons. The lowest BCUT2D eigenvalue weighted by atomic mass is 9.99. The molecule has 0 aliphatic carbocycles. The Morgan fingerprint density at radius 2 is 1.56 bits per heavy atom. The average Bonchev–Trinajstić information content (AvgIpc) is 3.89. The van der Waals surface area contributed by atoms with Crippen molar-refractivity contribution in [3.05, 3.63) is 135 Å². The Balaban J connectivity index is 1.46. The van der Waals surface area contributed by atoms with Crippen LogP contribution in [0.3, 0.4) is 0 Å². The van der Waals surface area contributed by atoms with Gasteiger partial charge in [-0.25, -0.2) is 12.7 Å². The first-order chi connectivity index (χ1) is 23.9. The zero-order chi connectivity index (χ0) is 35.6. The molecule has 50 heavy (non-hydrogen) atoms. The Kier molecular flexibility index (Phi) is 10.1. The van der Waals surface area contributed by atoms with Crippen molar-refractivity contribution in [2.45, 2.75) is 43.0 Å². The molecule has 0 saturated carbocycles. The Morgan fingerprint density at radius 3 is 2.20 bits per heavy atom. The van der Waals surface area contributed by atoms with Gasteiger partial charge in [0.15, 0.2) is 0 Å². The van der Waals surface area contributed by atoms with Gasteiger partial charge in [0.1, 0.15) is 16.3 Å². The SMILES string of the molecule is Cc1cc(C)cc(C(=O)N(C)[C@@H](Cc2ccc(-c3ccsc3)cc2)C(=O)N([C@@H](Cc2c[nH]c3ccccc23)C(N)=O)S(=O)(=O)c2cccs2)c1. The number of aromatic amines is 1. The molecule has 0 saturated heterocycles. The van der Waals surface area contributed by atoms with Gasteiger partial charge in [-0.05, 0) is 82.6 Å². The maximum absolute atomic E-state index is 15.0. The number of primary amides is 1. The fraction of sp³-hybridized carbons (Fsp3) is 0.184. The minimum atomic E-state index is -4.61. The van der Waals surface area contributed by atoms with E-state index in [0.29, 0.717) is 21.0 Å². The lowest BCUT2D eigenvalue weighted by Crippen LogP contribution is -2.58. The van der Waals surface area contributed by atoms with Gasteiger partial charge in [0.25, 0.3) is 21.8 Å². The number of carbonyl (C=O) groups excluding carboxylic acids is 3. The quantitative estimate of drug-likeness (QED) is 0.147. The Morgan fingerprint density at radius 1 is 0.840 bits per heavy atom. The molecule has 2 atom stereocenters. The van der Waals surface area contributed by atoms with Crippen molar-refractivity contribution < 1.29 is 22.8 Å². The highest BCUT2D eigenvalue weighted by molar-refractivity contribution is 7.91. The molecule has 3 aromatic carbocycles. The summed E-state index contributed by atoms with van der Waals surface area (Å²) in [5.41, 5.74) is 12.2. The zero-order valence-corrected chi connectivity index (χ0v) is 30.1. The molecule has 3 N–H and O–H groups in total. The highest BCUT2D eigenvalue weighted by Gasteiger charge is 2.44. The lowest BCUT2D eigenvalue weighted by Gasteiger charge is -2.35. The third-order valence-electron chi connectivity index (χ3n) is 8.70. The van der Waals surface area contributed by atoms with Gasteiger partial charge >= 0.3 is 0 Å². The smallest absolute Gasteiger partial charge is 0.276 e. The van der Waals surface area contributed by atoms with E-state index in [1.807, 2.05) is 85.3 Å². The number of hydrogen-bond donors (Lipinski definition) is 2. The van der Waals surface area contributed by atoms with Crippen LogP contribution in [0.15, 0.2) is 111 Å². The van der Waals surface area contributed by atoms with E-state index in [1.54, 1.807) is 41.1 Å². The number of carbonyl (C=O) groups is 3. The van der Waals surface area contributed by atoms with Crippen LogP contribution >= 0.6 is 22.7 Å². The number of amides is 3. The Hall–Kier alpha value is -5.04. The fourth-order valence-corrected chi connectivity index (χ4v) is 9.54. The first kappa shape index (κ1) is 34.8. The highest BCUT2D eigenvalue weighted by Crippen LogP contribution is 2.30. The molecule has 0 aliphatic rings. The van der Waals surface area contributed by atoms with E-state index >= 15 is 4.79 Å². The van der Waals surface area contributed by atoms with Crippen LogP contribution in [0.2, 0.25) is 0 Å². The summed E-state index contributed by atoms with van der Waals surface area (Å²) in [6.07, 6.45) is 1.49. The van der Waals surface area contributed by atoms with Gasteiger partial charge in [-0.1, -0.05) is 65.7 Å². The number of rotatable bonds is 12. The summed E-state index contributed by atoms with van der Waals surface area (Å²) in [5, 5.41) is 6.36. The van der Waals surface area contributed by atoms with Crippen molar-refractivity contribution in [2.75, 3.05) is 7.05 Å². The van der Waals surface area contributed by atoms with E-state index in [1.165, 1.54) is 18.0 Å². The standard InChI is InChI=1S/C38H36N4O5S3/c1-24-17-25(2)19-29(18-24)37(44)41(3)34(20-26-10-12-27(13-11-26)28-14-16-48-23-28)38(45)42(50(46,47)35-9-6-15-49-35)33(36(39)43)21-30-22-40-32-8-5-4-7-31(30)32/h4-19,22-23,33-34,40H,20-21H2,1-3H3,(H2,39,43)/t33-,34-/m0/s1. The molecule has 12 heteroatoms. The predicted molar refractivity (Wildman–Crippen MR) is 199 cm³/mol. The van der Waals surface area contributed by atoms with Crippen molar-refractivity contribution in [3.63, 3.8) is 0 Å². The molecule has 3 heterocycles. The van der Waals surface area contributed by atoms with Gasteiger partial charge in [-0.2, -0.15) is 11.3 Å². The second-order valence-electron chi connectivity index (χ2n) is 12.3. The van der Waals surface area contributed by atoms with Crippen LogP contribution in [0, 0.1) is 13.8 Å². The maximum atomic E-state index is 15.0. The number of para-hydroxylation sites is 1. The van der Waals surface area contributed by atoms with Gasteiger partial charge in [-0.3, -0.25) is 14.4 Å². The molecule has 0 radical (unpaired) electrons. The average molecular weight is 725 g/mol. The van der Waals surface area contributed by atoms with Gasteiger partial charge in [-0.15, -0.1) is 11.3 Å². The van der Waals surface area contributed by atoms with E-state index in [2.05, 4.69) is 4.98 Å². The summed E-state index contributed by atoms with van der Waals surface area (Å²) in [7, 11) is -3.13. The van der Waals surface area contributed by atoms with Crippen molar-refractivity contribution in [1.82, 2.24) is 14.2 Å². The monoisotopic (exact) mass is 724 g/mol. The minimum absolute atomic E-state index is 0.0230. The topological polar surface area (TPSA) is 134 Å². The summed E-state index contributed by atoms with van der Waals surface area (Å²) >= 11 is 2.51. The lowest BCUT2D eigenvalue weighted by molar-refractivity contribution is -0.137. The minimum Gasteiger partial charge on any atom is -0.368 e. The number of hydrogen-bond acceptors (Lipinski definition) is 7. The van der Waals surface area contributed by atoms with Crippen molar-refractivity contribution >= 4 is 61.3 Å². The number of aromatic nitrogens is 1. The Bertz CT molecular complexity index is 2240. The number of nitrogens with two attached hydrogens (primary N) is 1. The van der Waals surface area contributed by atoms with Crippen molar-refractivity contribution in [1.29, 1.82) is 0 Å². The van der Waals surface area contributed by atoms with Gasteiger partial charge < -0.3 is 15.6 Å². The molecule has 6 aromatic rings. The molecule has 6 rings (SSSR count). The van der Waals surface area contributed by atoms with Crippen molar-refractivity contribution in [2.24, 2.45) is 5.73 Å². The number of likely N-dealkylation sites (N-methyl/N-ethyl adjacent to an activating group) is 1. The number of H-pyrrole nitrogens is 1. The number of aryl methyl sites for hydroxylation is 2. The van der Waals surface area contributed by atoms with Crippen LogP contribution in [-0.2, 0) is 32.5 Å². The number of sulfonamides is 1. The molecule has 0 spiro atoms. The molecule has 0 fully saturated rings. The van der Waals surface area contributed by atoms with Crippen LogP contribution < -0.4 is 5.73 Å². The van der Waals surface area contributed by atoms with E-state index < -0.39 is 39.8 Å². The summed E-state index contributed by atoms with van der Waals surface area (Å²) in [4.78, 5) is 46.9. The van der Waals surface area contributed by atoms with Gasteiger partial charge in [0.05, 0.1) is 0 Å². The first-order valence-electron chi connectivity index (χ1n) is 15.9. The van der Waals surface area contributed by atoms with Crippen molar-refractivity contribution in [3.8, 4) is 11.1 Å². The van der Waals surface area contributed by atoms with Gasteiger partial charge in [0.2, 0.25) is 5.91 Å². The molecular formula is C38H36N4O5S3. The van der Waals surface area contributed by atoms with Crippen LogP contribution in [0.1, 0.15) is 32.6 Å². The fourth-order valence-electron chi connectivity index (χ4n) is 6.22. The normalized spacial score (nSPS) is 12.8. The first-order valence-corrected chi connectivity index (χ1v) is 19.1. The van der Waals surface area contributed by atoms with E-state index in [4.69, 9.17) is 5.73 Å². The number of thiophene rings is 2. The zero-order valence-electron chi connectivity index (χ0n) is 27.7. The largest absolute Gasteiger partial charge is 0.368 e. The van der Waals surface area contributed by atoms with Crippen LogP contribution in [0.25, 0.3) is 22.0 Å². The molecule has 3 amide bonds. The third kappa shape index (κ3) is 7.14. The number of benzene rings is 3. The van der Waals surface area contributed by atoms with Crippen LogP contribution in [-0.4, -0.2) is 59.5 Å². The van der Waals surface area contributed by atoms with Crippen LogP contribution in [0.4, 0.5) is 0 Å². The number of fused-ring (bicyclic) bond motifs is 1. The summed E-state index contributed by atoms with van der Waals surface area (Å²) < 4.78 is 29.4. The molecule has 3 aromatic heterocycles. The maximum Gasteiger partial charge on any atom is 0.276 e. The Labute approximate surface area is 299 Å². The van der Waals surface area contributed by atoms with E-state index in [9.17, 15) is 18.0 Å². The molecule has 9 nitrogen and oxygen atoms in total. The van der Waals surface area contributed by atoms with Gasteiger partial charge in [0, 0.05) is 42.6 Å². The molecule has 0 bridgehead atoms. The predicted octanol–water partition coefficient (Wildman–Crippen LogP) is 6.57. The van der Waals surface area contributed by atoms with E-state index in [-0.39, 0.29) is 17.1 Å². The molecule has 0 aliphatic heterocycles. The second kappa shape index (κ2) is 14.4. The number of nitrogens with one attached hydrogen (secondary N) is 1. The summed E-state index contributed by atoms with van der Waals surface area (Å²) in [6, 6.07) is 22.4. The van der Waals surface area contributed by atoms with Crippen LogP contribution in [0.5, 0.6) is 0 Å². The highest BCUT2D eigenvalue weighted by atomic mass is 32.2. The molecule has 0 unspecified atom stereocenters. The van der Waals surface area contributed by atoms with E-state index in [0.717, 1.165) is 44.5 Å². The number of nitrogens with zero attached hydrogens (tertiary/aromatic N) is 2. The molecular weight excluding hydrogens is 689 g/mol. The second-order valence-corrected chi connectivity index (χ2v) is 16.0. The third-order valence-corrected chi connectivity index (χ3v) is 12.6. The summed E-state index contributed by atoms with van der Waals surface area (Å²) in [6.45, 7) is 3.75. The summed E-state index contributed by atoms with van der Waals surface area (Å²) in [5.74, 6) is -2.40.